The number of rotatable bonds is 5. The molecule has 0 fully saturated rings. The molecule has 3 nitrogen and oxygen atoms in total. The molecule has 0 saturated carbocycles. The highest BCUT2D eigenvalue weighted by Crippen LogP contribution is 2.35. The van der Waals surface area contributed by atoms with E-state index in [-0.39, 0.29) is 0 Å². The molecule has 2 aromatic carbocycles. The molecule has 0 heterocycles. The number of amides is 1. The van der Waals surface area contributed by atoms with Gasteiger partial charge in [-0.05, 0) is 45.8 Å². The normalized spacial score (nSPS) is 10.9. The van der Waals surface area contributed by atoms with Gasteiger partial charge >= 0.3 is 0 Å². The summed E-state index contributed by atoms with van der Waals surface area (Å²) in [4.78, 5) is 10.8. The lowest BCUT2D eigenvalue weighted by atomic mass is 10.2. The smallest absolute Gasteiger partial charge is 0.241 e. The van der Waals surface area contributed by atoms with Crippen LogP contribution in [0.3, 0.4) is 0 Å². The molecule has 0 unspecified atom stereocenters. The SMILES string of the molecule is NC(=O)/C=C/c1cc(Cl)c(OCc2ccccc2Br)c(Br)c1. The second-order valence-corrected chi connectivity index (χ2v) is 6.55. The Morgan fingerprint density at radius 1 is 1.23 bits per heavy atom. The third kappa shape index (κ3) is 4.60. The van der Waals surface area contributed by atoms with Crippen molar-refractivity contribution in [1.29, 1.82) is 0 Å². The Kier molecular flexibility index (Phi) is 6.06. The molecule has 0 saturated heterocycles. The first-order valence-corrected chi connectivity index (χ1v) is 8.26. The molecule has 2 aromatic rings. The standard InChI is InChI=1S/C16H12Br2ClNO2/c17-12-4-2-1-3-11(12)9-22-16-13(18)7-10(8-14(16)19)5-6-15(20)21/h1-8H,9H2,(H2,20,21)/b6-5+. The van der Waals surface area contributed by atoms with Crippen molar-refractivity contribution in [2.24, 2.45) is 5.73 Å². The fourth-order valence-corrected chi connectivity index (χ4v) is 3.15. The Labute approximate surface area is 150 Å². The predicted octanol–water partition coefficient (Wildman–Crippen LogP) is 4.94. The molecule has 114 valence electrons. The van der Waals surface area contributed by atoms with Gasteiger partial charge in [-0.25, -0.2) is 0 Å². The largest absolute Gasteiger partial charge is 0.486 e. The number of nitrogens with two attached hydrogens (primary N) is 1. The van der Waals surface area contributed by atoms with Crippen LogP contribution in [-0.2, 0) is 11.4 Å². The summed E-state index contributed by atoms with van der Waals surface area (Å²) < 4.78 is 7.47. The lowest BCUT2D eigenvalue weighted by Crippen LogP contribution is -2.05. The van der Waals surface area contributed by atoms with Gasteiger partial charge in [-0.15, -0.1) is 0 Å². The monoisotopic (exact) mass is 443 g/mol. The van der Waals surface area contributed by atoms with Gasteiger partial charge in [0, 0.05) is 16.1 Å². The Morgan fingerprint density at radius 2 is 1.95 bits per heavy atom. The molecule has 22 heavy (non-hydrogen) atoms. The molecule has 0 aliphatic carbocycles. The van der Waals surface area contributed by atoms with Crippen molar-refractivity contribution in [3.05, 3.63) is 67.6 Å². The topological polar surface area (TPSA) is 52.3 Å². The van der Waals surface area contributed by atoms with E-state index < -0.39 is 5.91 Å². The molecular weight excluding hydrogens is 433 g/mol. The molecule has 6 heteroatoms. The average molecular weight is 446 g/mol. The summed E-state index contributed by atoms with van der Waals surface area (Å²) in [6, 6.07) is 11.3. The van der Waals surface area contributed by atoms with E-state index in [0.717, 1.165) is 15.6 Å². The highest BCUT2D eigenvalue weighted by molar-refractivity contribution is 9.10. The van der Waals surface area contributed by atoms with Crippen LogP contribution in [0.5, 0.6) is 5.75 Å². The number of primary amides is 1. The summed E-state index contributed by atoms with van der Waals surface area (Å²) in [7, 11) is 0. The Bertz CT molecular complexity index is 709. The number of carbonyl (C=O) groups is 1. The lowest BCUT2D eigenvalue weighted by molar-refractivity contribution is -0.113. The number of hydrogen-bond donors (Lipinski definition) is 1. The van der Waals surface area contributed by atoms with Gasteiger partial charge in [-0.1, -0.05) is 45.7 Å². The first-order valence-electron chi connectivity index (χ1n) is 6.30. The zero-order chi connectivity index (χ0) is 16.1. The van der Waals surface area contributed by atoms with Crippen LogP contribution < -0.4 is 10.5 Å². The molecule has 0 atom stereocenters. The van der Waals surface area contributed by atoms with Gasteiger partial charge in [0.2, 0.25) is 5.91 Å². The van der Waals surface area contributed by atoms with Crippen molar-refractivity contribution >= 4 is 55.4 Å². The van der Waals surface area contributed by atoms with Crippen LogP contribution in [0.4, 0.5) is 0 Å². The van der Waals surface area contributed by atoms with E-state index >= 15 is 0 Å². The van der Waals surface area contributed by atoms with Crippen molar-refractivity contribution in [3.8, 4) is 5.75 Å². The van der Waals surface area contributed by atoms with Crippen LogP contribution in [0.2, 0.25) is 5.02 Å². The Morgan fingerprint density at radius 3 is 2.59 bits per heavy atom. The molecule has 0 aliphatic rings. The summed E-state index contributed by atoms with van der Waals surface area (Å²) in [6.07, 6.45) is 2.87. The van der Waals surface area contributed by atoms with E-state index in [1.807, 2.05) is 24.3 Å². The predicted molar refractivity (Wildman–Crippen MR) is 95.9 cm³/mol. The zero-order valence-electron chi connectivity index (χ0n) is 11.4. The maximum atomic E-state index is 10.8. The van der Waals surface area contributed by atoms with E-state index in [4.69, 9.17) is 22.1 Å². The summed E-state index contributed by atoms with van der Waals surface area (Å²) >= 11 is 13.1. The van der Waals surface area contributed by atoms with Crippen molar-refractivity contribution < 1.29 is 9.53 Å². The van der Waals surface area contributed by atoms with Gasteiger partial charge in [0.25, 0.3) is 0 Å². The van der Waals surface area contributed by atoms with Crippen molar-refractivity contribution in [3.63, 3.8) is 0 Å². The van der Waals surface area contributed by atoms with E-state index in [1.165, 1.54) is 6.08 Å². The maximum absolute atomic E-state index is 10.8. The molecular formula is C16H12Br2ClNO2. The molecule has 0 aliphatic heterocycles. The zero-order valence-corrected chi connectivity index (χ0v) is 15.3. The summed E-state index contributed by atoms with van der Waals surface area (Å²) in [5, 5.41) is 0.450. The first-order chi connectivity index (χ1) is 10.5. The number of halogens is 3. The Hall–Kier alpha value is -1.30. The van der Waals surface area contributed by atoms with E-state index in [1.54, 1.807) is 18.2 Å². The van der Waals surface area contributed by atoms with Gasteiger partial charge in [-0.2, -0.15) is 0 Å². The number of benzene rings is 2. The highest BCUT2D eigenvalue weighted by Gasteiger charge is 2.10. The number of ether oxygens (including phenoxy) is 1. The number of carbonyl (C=O) groups excluding carboxylic acids is 1. The van der Waals surface area contributed by atoms with Gasteiger partial charge in [0.1, 0.15) is 6.61 Å². The second-order valence-electron chi connectivity index (χ2n) is 4.43. The quantitative estimate of drug-likeness (QED) is 0.663. The van der Waals surface area contributed by atoms with Gasteiger partial charge < -0.3 is 10.5 Å². The van der Waals surface area contributed by atoms with Gasteiger partial charge in [0.15, 0.2) is 5.75 Å². The van der Waals surface area contributed by atoms with Crippen molar-refractivity contribution in [1.82, 2.24) is 0 Å². The minimum absolute atomic E-state index is 0.385. The minimum Gasteiger partial charge on any atom is -0.486 e. The molecule has 0 aromatic heterocycles. The molecule has 2 rings (SSSR count). The summed E-state index contributed by atoms with van der Waals surface area (Å²) in [5.74, 6) is 0.0372. The maximum Gasteiger partial charge on any atom is 0.241 e. The first kappa shape index (κ1) is 17.1. The van der Waals surface area contributed by atoms with E-state index in [9.17, 15) is 4.79 Å². The van der Waals surface area contributed by atoms with Crippen LogP contribution in [0, 0.1) is 0 Å². The minimum atomic E-state index is -0.513. The molecule has 0 spiro atoms. The van der Waals surface area contributed by atoms with E-state index in [2.05, 4.69) is 31.9 Å². The summed E-state index contributed by atoms with van der Waals surface area (Å²) in [5.41, 5.74) is 6.84. The molecule has 0 bridgehead atoms. The fourth-order valence-electron chi connectivity index (χ4n) is 1.76. The van der Waals surface area contributed by atoms with Gasteiger partial charge in [0.05, 0.1) is 9.50 Å². The summed E-state index contributed by atoms with van der Waals surface area (Å²) in [6.45, 7) is 0.385. The molecule has 0 radical (unpaired) electrons. The number of hydrogen-bond acceptors (Lipinski definition) is 2. The van der Waals surface area contributed by atoms with E-state index in [0.29, 0.717) is 21.9 Å². The molecule has 2 N–H and O–H groups in total. The third-order valence-electron chi connectivity index (χ3n) is 2.79. The van der Waals surface area contributed by atoms with Crippen LogP contribution in [0.1, 0.15) is 11.1 Å². The lowest BCUT2D eigenvalue weighted by Gasteiger charge is -2.12. The van der Waals surface area contributed by atoms with Crippen LogP contribution in [0.25, 0.3) is 6.08 Å². The fraction of sp³-hybridized carbons (Fsp3) is 0.0625. The Balaban J connectivity index is 2.18. The average Bonchev–Trinajstić information content (AvgIpc) is 2.46. The van der Waals surface area contributed by atoms with Crippen LogP contribution in [0.15, 0.2) is 51.4 Å². The van der Waals surface area contributed by atoms with Crippen LogP contribution >= 0.6 is 43.5 Å². The van der Waals surface area contributed by atoms with Gasteiger partial charge in [-0.3, -0.25) is 4.79 Å². The van der Waals surface area contributed by atoms with Crippen molar-refractivity contribution in [2.75, 3.05) is 0 Å². The second kappa shape index (κ2) is 7.81. The molecule has 1 amide bonds. The van der Waals surface area contributed by atoms with Crippen LogP contribution in [-0.4, -0.2) is 5.91 Å². The van der Waals surface area contributed by atoms with Crippen molar-refractivity contribution in [2.45, 2.75) is 6.61 Å². The third-order valence-corrected chi connectivity index (χ3v) is 4.43. The highest BCUT2D eigenvalue weighted by atomic mass is 79.9.